The first-order valence-corrected chi connectivity index (χ1v) is 9.48. The van der Waals surface area contributed by atoms with Crippen LogP contribution in [0.25, 0.3) is 10.9 Å². The Morgan fingerprint density at radius 1 is 0.929 bits per heavy atom. The van der Waals surface area contributed by atoms with Crippen LogP contribution in [-0.4, -0.2) is 55.8 Å². The Labute approximate surface area is 164 Å². The smallest absolute Gasteiger partial charge is 0.242 e. The van der Waals surface area contributed by atoms with Crippen molar-refractivity contribution in [1.82, 2.24) is 9.47 Å². The third-order valence-electron chi connectivity index (χ3n) is 5.35. The molecular weight excluding hydrogens is 354 g/mol. The van der Waals surface area contributed by atoms with Gasteiger partial charge in [0.2, 0.25) is 5.91 Å². The van der Waals surface area contributed by atoms with Crippen LogP contribution in [0.5, 0.6) is 11.5 Å². The van der Waals surface area contributed by atoms with E-state index in [9.17, 15) is 4.79 Å². The molecule has 28 heavy (non-hydrogen) atoms. The molecule has 2 aromatic carbocycles. The van der Waals surface area contributed by atoms with Crippen molar-refractivity contribution in [2.45, 2.75) is 6.54 Å². The van der Waals surface area contributed by atoms with Crippen molar-refractivity contribution in [2.24, 2.45) is 0 Å². The summed E-state index contributed by atoms with van der Waals surface area (Å²) in [6.07, 6.45) is 1.96. The summed E-state index contributed by atoms with van der Waals surface area (Å²) in [5.41, 5.74) is 2.13. The van der Waals surface area contributed by atoms with Crippen molar-refractivity contribution in [3.8, 4) is 11.5 Å². The standard InChI is InChI=1S/C22H25N3O3/c1-27-19-8-6-18(7-9-19)23-12-14-24(15-13-23)21(26)16-25-11-10-17-4-3-5-20(28-2)22(17)25/h3-11H,12-16H2,1-2H3. The molecule has 3 aromatic rings. The summed E-state index contributed by atoms with van der Waals surface area (Å²) in [4.78, 5) is 17.1. The molecule has 2 heterocycles. The van der Waals surface area contributed by atoms with Crippen molar-refractivity contribution in [3.05, 3.63) is 54.7 Å². The first kappa shape index (κ1) is 18.2. The van der Waals surface area contributed by atoms with Gasteiger partial charge < -0.3 is 23.8 Å². The number of methoxy groups -OCH3 is 2. The van der Waals surface area contributed by atoms with E-state index in [2.05, 4.69) is 17.0 Å². The number of carbonyl (C=O) groups is 1. The van der Waals surface area contributed by atoms with Crippen molar-refractivity contribution in [3.63, 3.8) is 0 Å². The number of anilines is 1. The first-order valence-electron chi connectivity index (χ1n) is 9.48. The molecule has 0 radical (unpaired) electrons. The average Bonchev–Trinajstić information content (AvgIpc) is 3.17. The molecule has 6 heteroatoms. The van der Waals surface area contributed by atoms with E-state index in [0.717, 1.165) is 54.3 Å². The number of hydrogen-bond donors (Lipinski definition) is 0. The highest BCUT2D eigenvalue weighted by Gasteiger charge is 2.22. The van der Waals surface area contributed by atoms with Gasteiger partial charge in [-0.2, -0.15) is 0 Å². The van der Waals surface area contributed by atoms with Gasteiger partial charge in [0.15, 0.2) is 0 Å². The third-order valence-corrected chi connectivity index (χ3v) is 5.35. The van der Waals surface area contributed by atoms with Gasteiger partial charge in [-0.25, -0.2) is 0 Å². The van der Waals surface area contributed by atoms with E-state index >= 15 is 0 Å². The summed E-state index contributed by atoms with van der Waals surface area (Å²) in [5.74, 6) is 1.78. The number of fused-ring (bicyclic) bond motifs is 1. The molecule has 1 aliphatic rings. The second-order valence-electron chi connectivity index (χ2n) is 6.91. The largest absolute Gasteiger partial charge is 0.497 e. The quantitative estimate of drug-likeness (QED) is 0.684. The Balaban J connectivity index is 1.40. The van der Waals surface area contributed by atoms with Gasteiger partial charge in [0, 0.05) is 43.4 Å². The highest BCUT2D eigenvalue weighted by molar-refractivity contribution is 5.88. The summed E-state index contributed by atoms with van der Waals surface area (Å²) in [5, 5.41) is 1.08. The molecule has 1 aliphatic heterocycles. The van der Waals surface area contributed by atoms with Crippen LogP contribution in [-0.2, 0) is 11.3 Å². The van der Waals surface area contributed by atoms with Crippen molar-refractivity contribution in [2.75, 3.05) is 45.3 Å². The van der Waals surface area contributed by atoms with Gasteiger partial charge in [0.1, 0.15) is 18.0 Å². The molecule has 1 aromatic heterocycles. The van der Waals surface area contributed by atoms with E-state index < -0.39 is 0 Å². The van der Waals surface area contributed by atoms with Gasteiger partial charge in [-0.15, -0.1) is 0 Å². The van der Waals surface area contributed by atoms with Gasteiger partial charge in [-0.05, 0) is 36.4 Å². The van der Waals surface area contributed by atoms with E-state index in [1.165, 1.54) is 0 Å². The molecule has 0 spiro atoms. The van der Waals surface area contributed by atoms with Gasteiger partial charge >= 0.3 is 0 Å². The molecule has 0 aliphatic carbocycles. The number of nitrogens with zero attached hydrogens (tertiary/aromatic N) is 3. The van der Waals surface area contributed by atoms with E-state index in [4.69, 9.17) is 9.47 Å². The molecule has 0 unspecified atom stereocenters. The van der Waals surface area contributed by atoms with Gasteiger partial charge in [-0.1, -0.05) is 12.1 Å². The normalized spacial score (nSPS) is 14.4. The first-order chi connectivity index (χ1) is 13.7. The predicted octanol–water partition coefficient (Wildman–Crippen LogP) is 3.01. The Morgan fingerprint density at radius 2 is 1.68 bits per heavy atom. The second kappa shape index (κ2) is 7.84. The van der Waals surface area contributed by atoms with Crippen molar-refractivity contribution in [1.29, 1.82) is 0 Å². The van der Waals surface area contributed by atoms with Gasteiger partial charge in [0.05, 0.1) is 19.7 Å². The topological polar surface area (TPSA) is 46.9 Å². The zero-order valence-corrected chi connectivity index (χ0v) is 16.3. The number of rotatable bonds is 5. The SMILES string of the molecule is COc1ccc(N2CCN(C(=O)Cn3ccc4cccc(OC)c43)CC2)cc1. The molecule has 1 saturated heterocycles. The maximum absolute atomic E-state index is 12.9. The lowest BCUT2D eigenvalue weighted by molar-refractivity contribution is -0.132. The van der Waals surface area contributed by atoms with Gasteiger partial charge in [0.25, 0.3) is 0 Å². The van der Waals surface area contributed by atoms with E-state index in [1.807, 2.05) is 52.1 Å². The van der Waals surface area contributed by atoms with Crippen LogP contribution in [0, 0.1) is 0 Å². The number of carbonyl (C=O) groups excluding carboxylic acids is 1. The highest BCUT2D eigenvalue weighted by Crippen LogP contribution is 2.26. The summed E-state index contributed by atoms with van der Waals surface area (Å²) in [7, 11) is 3.33. The monoisotopic (exact) mass is 379 g/mol. The number of para-hydroxylation sites is 1. The molecule has 4 rings (SSSR count). The average molecular weight is 379 g/mol. The lowest BCUT2D eigenvalue weighted by atomic mass is 10.2. The molecule has 0 atom stereocenters. The van der Waals surface area contributed by atoms with E-state index in [0.29, 0.717) is 6.54 Å². The molecule has 1 amide bonds. The Kier molecular flexibility index (Phi) is 5.10. The Bertz CT molecular complexity index is 957. The number of piperazine rings is 1. The number of amides is 1. The minimum atomic E-state index is 0.137. The Hall–Kier alpha value is -3.15. The van der Waals surface area contributed by atoms with Crippen LogP contribution in [0.2, 0.25) is 0 Å². The summed E-state index contributed by atoms with van der Waals surface area (Å²) in [6, 6.07) is 16.0. The summed E-state index contributed by atoms with van der Waals surface area (Å²) < 4.78 is 12.7. The second-order valence-corrected chi connectivity index (χ2v) is 6.91. The zero-order valence-electron chi connectivity index (χ0n) is 16.3. The van der Waals surface area contributed by atoms with Crippen LogP contribution in [0.3, 0.4) is 0 Å². The van der Waals surface area contributed by atoms with E-state index in [-0.39, 0.29) is 5.91 Å². The van der Waals surface area contributed by atoms with Crippen molar-refractivity contribution >= 4 is 22.5 Å². The predicted molar refractivity (Wildman–Crippen MR) is 110 cm³/mol. The number of hydrogen-bond acceptors (Lipinski definition) is 4. The molecule has 0 saturated carbocycles. The minimum absolute atomic E-state index is 0.137. The summed E-state index contributed by atoms with van der Waals surface area (Å²) in [6.45, 7) is 3.43. The maximum Gasteiger partial charge on any atom is 0.242 e. The zero-order chi connectivity index (χ0) is 19.5. The summed E-state index contributed by atoms with van der Waals surface area (Å²) >= 11 is 0. The maximum atomic E-state index is 12.9. The third kappa shape index (κ3) is 3.50. The highest BCUT2D eigenvalue weighted by atomic mass is 16.5. The van der Waals surface area contributed by atoms with Crippen LogP contribution < -0.4 is 14.4 Å². The molecule has 0 bridgehead atoms. The minimum Gasteiger partial charge on any atom is -0.497 e. The number of ether oxygens (including phenoxy) is 2. The molecular formula is C22H25N3O3. The van der Waals surface area contributed by atoms with Crippen LogP contribution in [0.1, 0.15) is 0 Å². The Morgan fingerprint density at radius 3 is 2.36 bits per heavy atom. The molecule has 6 nitrogen and oxygen atoms in total. The fraction of sp³-hybridized carbons (Fsp3) is 0.318. The molecule has 1 fully saturated rings. The molecule has 0 N–H and O–H groups in total. The van der Waals surface area contributed by atoms with Crippen LogP contribution >= 0.6 is 0 Å². The van der Waals surface area contributed by atoms with Crippen LogP contribution in [0.4, 0.5) is 5.69 Å². The lowest BCUT2D eigenvalue weighted by Crippen LogP contribution is -2.49. The van der Waals surface area contributed by atoms with Crippen molar-refractivity contribution < 1.29 is 14.3 Å². The number of benzene rings is 2. The molecule has 146 valence electrons. The van der Waals surface area contributed by atoms with Crippen LogP contribution in [0.15, 0.2) is 54.7 Å². The lowest BCUT2D eigenvalue weighted by Gasteiger charge is -2.36. The van der Waals surface area contributed by atoms with Gasteiger partial charge in [-0.3, -0.25) is 4.79 Å². The fourth-order valence-electron chi connectivity index (χ4n) is 3.78. The fourth-order valence-corrected chi connectivity index (χ4v) is 3.78. The number of aromatic nitrogens is 1. The van der Waals surface area contributed by atoms with E-state index in [1.54, 1.807) is 14.2 Å².